The maximum absolute atomic E-state index is 6.40. The molecule has 9 aromatic carbocycles. The van der Waals surface area contributed by atoms with Crippen molar-refractivity contribution in [2.45, 2.75) is 0 Å². The minimum Gasteiger partial charge on any atom is -0.456 e. The molecule has 0 radical (unpaired) electrons. The van der Waals surface area contributed by atoms with Gasteiger partial charge in [-0.25, -0.2) is 0 Å². The summed E-state index contributed by atoms with van der Waals surface area (Å²) in [6.07, 6.45) is 0. The molecular formula is C48H29NO. The lowest BCUT2D eigenvalue weighted by molar-refractivity contribution is 0.669. The van der Waals surface area contributed by atoms with Gasteiger partial charge in [0, 0.05) is 27.2 Å². The van der Waals surface area contributed by atoms with E-state index in [4.69, 9.17) is 4.42 Å². The smallest absolute Gasteiger partial charge is 0.136 e. The summed E-state index contributed by atoms with van der Waals surface area (Å²) in [7, 11) is 0. The predicted octanol–water partition coefficient (Wildman–Crippen LogP) is 13.5. The van der Waals surface area contributed by atoms with Crippen molar-refractivity contribution in [3.05, 3.63) is 176 Å². The molecule has 0 bridgehead atoms. The van der Waals surface area contributed by atoms with Gasteiger partial charge in [-0.2, -0.15) is 0 Å². The lowest BCUT2D eigenvalue weighted by Gasteiger charge is -2.18. The highest BCUT2D eigenvalue weighted by Gasteiger charge is 2.20. The fourth-order valence-corrected chi connectivity index (χ4v) is 8.44. The number of hydrogen-bond acceptors (Lipinski definition) is 1. The Bertz CT molecular complexity index is 3090. The lowest BCUT2D eigenvalue weighted by atomic mass is 9.85. The lowest BCUT2D eigenvalue weighted by Crippen LogP contribution is -1.93. The van der Waals surface area contributed by atoms with E-state index in [1.165, 1.54) is 87.5 Å². The van der Waals surface area contributed by atoms with Crippen LogP contribution in [0.2, 0.25) is 0 Å². The summed E-state index contributed by atoms with van der Waals surface area (Å²) in [5.74, 6) is 0. The maximum Gasteiger partial charge on any atom is 0.136 e. The van der Waals surface area contributed by atoms with Gasteiger partial charge in [0.1, 0.15) is 11.2 Å². The van der Waals surface area contributed by atoms with Crippen LogP contribution in [-0.4, -0.2) is 4.57 Å². The number of nitrogens with zero attached hydrogens (tertiary/aromatic N) is 1. The standard InChI is InChI=1S/C48H29NO/c1-2-13-33(14-3-1)49-42-21-11-10-16-35(42)40-28-31(22-25-43(40)49)46-36-17-6-8-19-38(36)47(39-20-9-7-18-37(39)46)32-24-26-44-41(29-32)48-34-15-5-4-12-30(34)23-27-45(48)50-44/h1-29H. The molecule has 11 aromatic rings. The highest BCUT2D eigenvalue weighted by atomic mass is 16.3. The molecule has 0 aliphatic carbocycles. The van der Waals surface area contributed by atoms with Crippen molar-refractivity contribution >= 4 is 76.1 Å². The van der Waals surface area contributed by atoms with Crippen LogP contribution in [0.5, 0.6) is 0 Å². The molecule has 11 rings (SSSR count). The molecule has 0 saturated carbocycles. The topological polar surface area (TPSA) is 18.1 Å². The van der Waals surface area contributed by atoms with Crippen LogP contribution >= 0.6 is 0 Å². The average molecular weight is 636 g/mol. The monoisotopic (exact) mass is 635 g/mol. The molecule has 0 spiro atoms. The molecule has 2 nitrogen and oxygen atoms in total. The van der Waals surface area contributed by atoms with E-state index in [0.29, 0.717) is 0 Å². The third-order valence-electron chi connectivity index (χ3n) is 10.6. The Morgan fingerprint density at radius 2 is 0.860 bits per heavy atom. The molecule has 0 aliphatic heterocycles. The molecule has 2 heterocycles. The van der Waals surface area contributed by atoms with E-state index in [0.717, 1.165) is 16.6 Å². The Morgan fingerprint density at radius 3 is 1.56 bits per heavy atom. The van der Waals surface area contributed by atoms with E-state index >= 15 is 0 Å². The van der Waals surface area contributed by atoms with E-state index in [1.807, 2.05) is 0 Å². The van der Waals surface area contributed by atoms with Crippen LogP contribution in [0.1, 0.15) is 0 Å². The number of para-hydroxylation sites is 2. The first-order valence-corrected chi connectivity index (χ1v) is 17.2. The van der Waals surface area contributed by atoms with Gasteiger partial charge in [-0.3, -0.25) is 0 Å². The number of furan rings is 1. The Kier molecular flexibility index (Phi) is 5.70. The Morgan fingerprint density at radius 1 is 0.340 bits per heavy atom. The highest BCUT2D eigenvalue weighted by Crippen LogP contribution is 2.46. The number of benzene rings is 9. The number of rotatable bonds is 3. The zero-order valence-corrected chi connectivity index (χ0v) is 27.1. The fraction of sp³-hybridized carbons (Fsp3) is 0. The molecule has 0 N–H and O–H groups in total. The van der Waals surface area contributed by atoms with Crippen molar-refractivity contribution in [2.75, 3.05) is 0 Å². The third-order valence-corrected chi connectivity index (χ3v) is 10.6. The minimum absolute atomic E-state index is 0.910. The van der Waals surface area contributed by atoms with Crippen molar-refractivity contribution in [3.63, 3.8) is 0 Å². The van der Waals surface area contributed by atoms with E-state index in [-0.39, 0.29) is 0 Å². The summed E-state index contributed by atoms with van der Waals surface area (Å²) in [5, 5.41) is 12.2. The molecule has 0 unspecified atom stereocenters. The highest BCUT2D eigenvalue weighted by molar-refractivity contribution is 6.24. The van der Waals surface area contributed by atoms with E-state index in [2.05, 4.69) is 180 Å². The zero-order valence-electron chi connectivity index (χ0n) is 27.1. The van der Waals surface area contributed by atoms with Gasteiger partial charge in [0.05, 0.1) is 11.0 Å². The first-order chi connectivity index (χ1) is 24.8. The molecule has 0 atom stereocenters. The third kappa shape index (κ3) is 3.85. The molecule has 0 amide bonds. The number of hydrogen-bond donors (Lipinski definition) is 0. The van der Waals surface area contributed by atoms with Crippen molar-refractivity contribution in [2.24, 2.45) is 0 Å². The molecule has 0 fully saturated rings. The summed E-state index contributed by atoms with van der Waals surface area (Å²) in [5.41, 5.74) is 10.3. The largest absolute Gasteiger partial charge is 0.456 e. The van der Waals surface area contributed by atoms with Gasteiger partial charge >= 0.3 is 0 Å². The van der Waals surface area contributed by atoms with Crippen molar-refractivity contribution in [3.8, 4) is 27.9 Å². The summed E-state index contributed by atoms with van der Waals surface area (Å²) in [6.45, 7) is 0. The SMILES string of the molecule is c1ccc(-n2c3ccccc3c3cc(-c4c5ccccc5c(-c5ccc6oc7ccc8ccccc8c7c6c5)c5ccccc45)ccc32)cc1. The molecule has 0 saturated heterocycles. The average Bonchev–Trinajstić information content (AvgIpc) is 3.72. The van der Waals surface area contributed by atoms with E-state index < -0.39 is 0 Å². The van der Waals surface area contributed by atoms with Crippen LogP contribution < -0.4 is 0 Å². The first-order valence-electron chi connectivity index (χ1n) is 17.2. The molecule has 232 valence electrons. The zero-order chi connectivity index (χ0) is 32.8. The maximum atomic E-state index is 6.40. The van der Waals surface area contributed by atoms with Crippen LogP contribution in [0, 0.1) is 0 Å². The molecular weight excluding hydrogens is 607 g/mol. The van der Waals surface area contributed by atoms with E-state index in [9.17, 15) is 0 Å². The quantitative estimate of drug-likeness (QED) is 0.177. The van der Waals surface area contributed by atoms with Crippen LogP contribution in [0.4, 0.5) is 0 Å². The van der Waals surface area contributed by atoms with Gasteiger partial charge in [0.25, 0.3) is 0 Å². The summed E-state index contributed by atoms with van der Waals surface area (Å²) in [4.78, 5) is 0. The van der Waals surface area contributed by atoms with Gasteiger partial charge in [0.15, 0.2) is 0 Å². The van der Waals surface area contributed by atoms with Crippen molar-refractivity contribution < 1.29 is 4.42 Å². The minimum atomic E-state index is 0.910. The Balaban J connectivity index is 1.20. The van der Waals surface area contributed by atoms with Crippen LogP contribution in [0.25, 0.3) is 104 Å². The number of aromatic nitrogens is 1. The van der Waals surface area contributed by atoms with Crippen molar-refractivity contribution in [1.29, 1.82) is 0 Å². The normalized spacial score (nSPS) is 12.0. The molecule has 2 aromatic heterocycles. The molecule has 0 aliphatic rings. The second kappa shape index (κ2) is 10.4. The predicted molar refractivity (Wildman–Crippen MR) is 211 cm³/mol. The second-order valence-corrected chi connectivity index (χ2v) is 13.2. The Hall–Kier alpha value is -6.64. The summed E-state index contributed by atoms with van der Waals surface area (Å²) in [6, 6.07) is 63.8. The number of fused-ring (bicyclic) bond motifs is 10. The fourth-order valence-electron chi connectivity index (χ4n) is 8.44. The van der Waals surface area contributed by atoms with Crippen LogP contribution in [-0.2, 0) is 0 Å². The summed E-state index contributed by atoms with van der Waals surface area (Å²) < 4.78 is 8.78. The van der Waals surface area contributed by atoms with Crippen LogP contribution in [0.3, 0.4) is 0 Å². The van der Waals surface area contributed by atoms with Crippen LogP contribution in [0.15, 0.2) is 180 Å². The Labute approximate surface area is 288 Å². The van der Waals surface area contributed by atoms with Gasteiger partial charge in [0.2, 0.25) is 0 Å². The van der Waals surface area contributed by atoms with Gasteiger partial charge in [-0.05, 0) is 103 Å². The molecule has 2 heteroatoms. The van der Waals surface area contributed by atoms with E-state index in [1.54, 1.807) is 0 Å². The van der Waals surface area contributed by atoms with Gasteiger partial charge in [-0.15, -0.1) is 0 Å². The molecule has 50 heavy (non-hydrogen) atoms. The summed E-state index contributed by atoms with van der Waals surface area (Å²) >= 11 is 0. The van der Waals surface area contributed by atoms with Gasteiger partial charge in [-0.1, -0.05) is 127 Å². The van der Waals surface area contributed by atoms with Gasteiger partial charge < -0.3 is 8.98 Å². The first kappa shape index (κ1) is 27.3. The van der Waals surface area contributed by atoms with Crippen molar-refractivity contribution in [1.82, 2.24) is 4.57 Å². The second-order valence-electron chi connectivity index (χ2n) is 13.2.